The summed E-state index contributed by atoms with van der Waals surface area (Å²) >= 11 is 0. The third kappa shape index (κ3) is 4.40. The number of piperidine rings is 1. The van der Waals surface area contributed by atoms with Crippen LogP contribution >= 0.6 is 0 Å². The van der Waals surface area contributed by atoms with Crippen LogP contribution in [0.3, 0.4) is 0 Å². The second-order valence-electron chi connectivity index (χ2n) is 9.08. The van der Waals surface area contributed by atoms with E-state index in [0.717, 1.165) is 29.5 Å². The molecule has 1 aliphatic rings. The van der Waals surface area contributed by atoms with Crippen LogP contribution in [0.1, 0.15) is 40.2 Å². The molecule has 0 saturated carbocycles. The van der Waals surface area contributed by atoms with Crippen LogP contribution in [0.25, 0.3) is 11.1 Å². The predicted molar refractivity (Wildman–Crippen MR) is 126 cm³/mol. The number of amides is 2. The monoisotopic (exact) mass is 446 g/mol. The number of carbonyl (C=O) groups is 2. The van der Waals surface area contributed by atoms with Crippen molar-refractivity contribution in [3.05, 3.63) is 71.4 Å². The van der Waals surface area contributed by atoms with Crippen LogP contribution < -0.4 is 0 Å². The van der Waals surface area contributed by atoms with Gasteiger partial charge in [-0.2, -0.15) is 0 Å². The van der Waals surface area contributed by atoms with Crippen molar-refractivity contribution in [2.75, 3.05) is 27.2 Å². The Labute approximate surface area is 194 Å². The van der Waals surface area contributed by atoms with E-state index in [1.54, 1.807) is 43.9 Å². The van der Waals surface area contributed by atoms with Crippen molar-refractivity contribution in [1.29, 1.82) is 0 Å². The van der Waals surface area contributed by atoms with Gasteiger partial charge in [0.05, 0.1) is 11.1 Å². The molecule has 0 N–H and O–H groups in total. The summed E-state index contributed by atoms with van der Waals surface area (Å²) < 4.78 is 5.23. The summed E-state index contributed by atoms with van der Waals surface area (Å²) in [6.45, 7) is 4.49. The molecule has 1 aliphatic heterocycles. The highest BCUT2D eigenvalue weighted by Crippen LogP contribution is 2.38. The SMILES string of the molecule is Cc1noc(C)c1C(=O)N1CCC[C@@](Cc2ccccc2-c2cccnc2)(C(=O)N(C)C)C1. The van der Waals surface area contributed by atoms with E-state index in [4.69, 9.17) is 4.52 Å². The molecule has 0 unspecified atom stereocenters. The van der Waals surface area contributed by atoms with Gasteiger partial charge in [0, 0.05) is 45.1 Å². The van der Waals surface area contributed by atoms with E-state index in [9.17, 15) is 9.59 Å². The Morgan fingerprint density at radius 2 is 1.94 bits per heavy atom. The third-order valence-corrected chi connectivity index (χ3v) is 6.49. The number of hydrogen-bond acceptors (Lipinski definition) is 5. The predicted octanol–water partition coefficient (Wildman–Crippen LogP) is 3.91. The van der Waals surface area contributed by atoms with E-state index < -0.39 is 5.41 Å². The van der Waals surface area contributed by atoms with Gasteiger partial charge < -0.3 is 14.3 Å². The number of likely N-dealkylation sites (tertiary alicyclic amines) is 1. The number of carbonyl (C=O) groups excluding carboxylic acids is 2. The molecule has 0 radical (unpaired) electrons. The molecule has 1 saturated heterocycles. The zero-order chi connectivity index (χ0) is 23.6. The van der Waals surface area contributed by atoms with Gasteiger partial charge in [-0.1, -0.05) is 35.5 Å². The Balaban J connectivity index is 1.71. The molecule has 2 amide bonds. The first-order valence-corrected chi connectivity index (χ1v) is 11.2. The molecular formula is C26H30N4O3. The minimum absolute atomic E-state index is 0.0414. The van der Waals surface area contributed by atoms with Gasteiger partial charge in [0.25, 0.3) is 5.91 Å². The molecule has 7 nitrogen and oxygen atoms in total. The maximum Gasteiger partial charge on any atom is 0.259 e. The van der Waals surface area contributed by atoms with Crippen LogP contribution in [0.2, 0.25) is 0 Å². The van der Waals surface area contributed by atoms with Crippen LogP contribution in [0, 0.1) is 19.3 Å². The van der Waals surface area contributed by atoms with E-state index in [0.29, 0.717) is 36.5 Å². The molecule has 3 heterocycles. The average molecular weight is 447 g/mol. The topological polar surface area (TPSA) is 79.5 Å². The van der Waals surface area contributed by atoms with Crippen LogP contribution in [0.15, 0.2) is 53.3 Å². The summed E-state index contributed by atoms with van der Waals surface area (Å²) in [5.41, 5.74) is 3.51. The van der Waals surface area contributed by atoms with E-state index in [1.807, 2.05) is 30.5 Å². The minimum atomic E-state index is -0.714. The molecule has 3 aromatic rings. The lowest BCUT2D eigenvalue weighted by atomic mass is 9.72. The van der Waals surface area contributed by atoms with E-state index >= 15 is 0 Å². The lowest BCUT2D eigenvalue weighted by Crippen LogP contribution is -2.54. The lowest BCUT2D eigenvalue weighted by molar-refractivity contribution is -0.142. The summed E-state index contributed by atoms with van der Waals surface area (Å²) in [4.78, 5) is 34.7. The van der Waals surface area contributed by atoms with Crippen molar-refractivity contribution in [3.63, 3.8) is 0 Å². The summed E-state index contributed by atoms with van der Waals surface area (Å²) in [6, 6.07) is 12.1. The Hall–Kier alpha value is -3.48. The number of hydrogen-bond donors (Lipinski definition) is 0. The maximum absolute atomic E-state index is 13.6. The molecule has 1 fully saturated rings. The number of aryl methyl sites for hydroxylation is 2. The van der Waals surface area contributed by atoms with E-state index in [1.165, 1.54) is 0 Å². The van der Waals surface area contributed by atoms with Crippen LogP contribution in [-0.2, 0) is 11.2 Å². The molecule has 33 heavy (non-hydrogen) atoms. The second kappa shape index (κ2) is 9.17. The largest absolute Gasteiger partial charge is 0.361 e. The third-order valence-electron chi connectivity index (χ3n) is 6.49. The van der Waals surface area contributed by atoms with E-state index in [-0.39, 0.29) is 11.8 Å². The fraction of sp³-hybridized carbons (Fsp3) is 0.385. The molecule has 0 bridgehead atoms. The van der Waals surface area contributed by atoms with Gasteiger partial charge >= 0.3 is 0 Å². The van der Waals surface area contributed by atoms with Gasteiger partial charge in [0.15, 0.2) is 0 Å². The average Bonchev–Trinajstić information content (AvgIpc) is 3.16. The summed E-state index contributed by atoms with van der Waals surface area (Å²) in [6.07, 6.45) is 5.61. The Kier molecular flexibility index (Phi) is 6.31. The van der Waals surface area contributed by atoms with Crippen molar-refractivity contribution < 1.29 is 14.1 Å². The zero-order valence-electron chi connectivity index (χ0n) is 19.7. The Morgan fingerprint density at radius 1 is 1.15 bits per heavy atom. The van der Waals surface area contributed by atoms with E-state index in [2.05, 4.69) is 22.3 Å². The smallest absolute Gasteiger partial charge is 0.259 e. The van der Waals surface area contributed by atoms with Gasteiger partial charge in [0.2, 0.25) is 5.91 Å². The number of aromatic nitrogens is 2. The standard InChI is InChI=1S/C26H30N4O3/c1-18-23(19(2)33-28-18)24(31)30-14-8-12-26(17-30,25(32)29(3)4)15-20-9-5-6-11-22(20)21-10-7-13-27-16-21/h5-7,9-11,13,16H,8,12,14-15,17H2,1-4H3/t26-/m0/s1. The molecule has 0 aliphatic carbocycles. The van der Waals surface area contributed by atoms with Crippen molar-refractivity contribution in [3.8, 4) is 11.1 Å². The number of rotatable bonds is 5. The highest BCUT2D eigenvalue weighted by atomic mass is 16.5. The molecule has 4 rings (SSSR count). The van der Waals surface area contributed by atoms with Gasteiger partial charge in [-0.05, 0) is 50.3 Å². The summed E-state index contributed by atoms with van der Waals surface area (Å²) in [7, 11) is 3.57. The first-order chi connectivity index (χ1) is 15.8. The summed E-state index contributed by atoms with van der Waals surface area (Å²) in [5, 5.41) is 3.94. The second-order valence-corrected chi connectivity index (χ2v) is 9.08. The molecule has 1 atom stereocenters. The highest BCUT2D eigenvalue weighted by molar-refractivity contribution is 5.97. The Morgan fingerprint density at radius 3 is 2.61 bits per heavy atom. The first-order valence-electron chi connectivity index (χ1n) is 11.2. The molecule has 0 spiro atoms. The fourth-order valence-electron chi connectivity index (χ4n) is 4.96. The van der Waals surface area contributed by atoms with Crippen LogP contribution in [0.5, 0.6) is 0 Å². The Bertz CT molecular complexity index is 1140. The summed E-state index contributed by atoms with van der Waals surface area (Å²) in [5.74, 6) is 0.428. The molecule has 2 aromatic heterocycles. The van der Waals surface area contributed by atoms with Crippen molar-refractivity contribution >= 4 is 11.8 Å². The first kappa shape index (κ1) is 22.7. The molecular weight excluding hydrogens is 416 g/mol. The molecule has 1 aromatic carbocycles. The zero-order valence-corrected chi connectivity index (χ0v) is 19.7. The highest BCUT2D eigenvalue weighted by Gasteiger charge is 2.45. The number of nitrogens with zero attached hydrogens (tertiary/aromatic N) is 4. The molecule has 172 valence electrons. The lowest BCUT2D eigenvalue weighted by Gasteiger charge is -2.43. The van der Waals surface area contributed by atoms with Crippen LogP contribution in [-0.4, -0.2) is 58.9 Å². The van der Waals surface area contributed by atoms with Gasteiger partial charge in [0.1, 0.15) is 11.3 Å². The fourth-order valence-corrected chi connectivity index (χ4v) is 4.96. The number of benzene rings is 1. The quantitative estimate of drug-likeness (QED) is 0.594. The van der Waals surface area contributed by atoms with Gasteiger partial charge in [-0.15, -0.1) is 0 Å². The van der Waals surface area contributed by atoms with Crippen molar-refractivity contribution in [2.45, 2.75) is 33.1 Å². The number of pyridine rings is 1. The van der Waals surface area contributed by atoms with Gasteiger partial charge in [-0.25, -0.2) is 0 Å². The van der Waals surface area contributed by atoms with Crippen molar-refractivity contribution in [2.24, 2.45) is 5.41 Å². The normalized spacial score (nSPS) is 18.2. The van der Waals surface area contributed by atoms with Gasteiger partial charge in [-0.3, -0.25) is 14.6 Å². The maximum atomic E-state index is 13.6. The minimum Gasteiger partial charge on any atom is -0.361 e. The van der Waals surface area contributed by atoms with Crippen LogP contribution in [0.4, 0.5) is 0 Å². The molecule has 7 heteroatoms. The van der Waals surface area contributed by atoms with Crippen molar-refractivity contribution in [1.82, 2.24) is 19.9 Å².